The summed E-state index contributed by atoms with van der Waals surface area (Å²) in [6, 6.07) is 1.40. The molecule has 2 rings (SSSR count). The first-order chi connectivity index (χ1) is 8.83. The fourth-order valence-electron chi connectivity index (χ4n) is 3.08. The Hall–Kier alpha value is -0.700. The van der Waals surface area contributed by atoms with E-state index in [0.717, 1.165) is 25.7 Å². The Morgan fingerprint density at radius 2 is 1.74 bits per heavy atom. The van der Waals surface area contributed by atoms with E-state index in [2.05, 4.69) is 13.8 Å². The molecular formula is C15H18ClF3. The van der Waals surface area contributed by atoms with Crippen molar-refractivity contribution in [2.24, 2.45) is 11.3 Å². The average Bonchev–Trinajstić information content (AvgIpc) is 2.26. The molecule has 106 valence electrons. The van der Waals surface area contributed by atoms with Crippen LogP contribution in [0.2, 0.25) is 0 Å². The van der Waals surface area contributed by atoms with Crippen molar-refractivity contribution in [3.05, 3.63) is 35.1 Å². The monoisotopic (exact) mass is 290 g/mol. The van der Waals surface area contributed by atoms with Gasteiger partial charge in [0.1, 0.15) is 17.5 Å². The van der Waals surface area contributed by atoms with Crippen LogP contribution in [0.3, 0.4) is 0 Å². The molecular weight excluding hydrogens is 273 g/mol. The molecule has 2 unspecified atom stereocenters. The van der Waals surface area contributed by atoms with Crippen molar-refractivity contribution in [3.8, 4) is 0 Å². The molecule has 0 bridgehead atoms. The Kier molecular flexibility index (Phi) is 4.14. The van der Waals surface area contributed by atoms with Crippen molar-refractivity contribution in [1.29, 1.82) is 0 Å². The number of alkyl halides is 1. The predicted molar refractivity (Wildman–Crippen MR) is 70.6 cm³/mol. The smallest absolute Gasteiger partial charge is 0.133 e. The van der Waals surface area contributed by atoms with E-state index in [1.165, 1.54) is 0 Å². The van der Waals surface area contributed by atoms with E-state index in [-0.39, 0.29) is 16.9 Å². The Bertz CT molecular complexity index is 447. The summed E-state index contributed by atoms with van der Waals surface area (Å²) in [7, 11) is 0. The Morgan fingerprint density at radius 1 is 1.16 bits per heavy atom. The van der Waals surface area contributed by atoms with Crippen molar-refractivity contribution in [2.45, 2.75) is 44.9 Å². The maximum atomic E-state index is 13.8. The highest BCUT2D eigenvalue weighted by Gasteiger charge is 2.39. The molecule has 0 aromatic heterocycles. The van der Waals surface area contributed by atoms with Gasteiger partial charge in [0.15, 0.2) is 0 Å². The van der Waals surface area contributed by atoms with Gasteiger partial charge in [0.05, 0.1) is 5.38 Å². The highest BCUT2D eigenvalue weighted by molar-refractivity contribution is 6.21. The zero-order valence-electron chi connectivity index (χ0n) is 11.1. The summed E-state index contributed by atoms with van der Waals surface area (Å²) in [6.07, 6.45) is 3.96. The Labute approximate surface area is 117 Å². The van der Waals surface area contributed by atoms with Gasteiger partial charge in [-0.1, -0.05) is 26.7 Å². The van der Waals surface area contributed by atoms with Crippen LogP contribution in [0.4, 0.5) is 13.2 Å². The van der Waals surface area contributed by atoms with Gasteiger partial charge in [0, 0.05) is 17.7 Å². The molecule has 1 saturated carbocycles. The predicted octanol–water partition coefficient (Wildman–Crippen LogP) is 5.60. The second-order valence-corrected chi connectivity index (χ2v) is 6.50. The number of halogens is 4. The lowest BCUT2D eigenvalue weighted by molar-refractivity contribution is 0.131. The van der Waals surface area contributed by atoms with Crippen molar-refractivity contribution >= 4 is 11.6 Å². The SMILES string of the molecule is CC1(C)CCCCC1C(Cl)c1c(F)cc(F)cc1F. The quantitative estimate of drug-likeness (QED) is 0.622. The number of benzene rings is 1. The first-order valence-electron chi connectivity index (χ1n) is 6.61. The van der Waals surface area contributed by atoms with Crippen LogP contribution in [0.25, 0.3) is 0 Å². The third kappa shape index (κ3) is 2.91. The minimum Gasteiger partial charge on any atom is -0.207 e. The van der Waals surface area contributed by atoms with Crippen molar-refractivity contribution < 1.29 is 13.2 Å². The normalized spacial score (nSPS) is 24.2. The van der Waals surface area contributed by atoms with Crippen molar-refractivity contribution in [2.75, 3.05) is 0 Å². The van der Waals surface area contributed by atoms with E-state index in [4.69, 9.17) is 11.6 Å². The van der Waals surface area contributed by atoms with Gasteiger partial charge in [0.2, 0.25) is 0 Å². The molecule has 19 heavy (non-hydrogen) atoms. The van der Waals surface area contributed by atoms with Crippen LogP contribution in [0.5, 0.6) is 0 Å². The van der Waals surface area contributed by atoms with Gasteiger partial charge < -0.3 is 0 Å². The van der Waals surface area contributed by atoms with Gasteiger partial charge in [-0.2, -0.15) is 0 Å². The van der Waals surface area contributed by atoms with Crippen molar-refractivity contribution in [3.63, 3.8) is 0 Å². The lowest BCUT2D eigenvalue weighted by Gasteiger charge is -2.41. The maximum absolute atomic E-state index is 13.8. The van der Waals surface area contributed by atoms with Gasteiger partial charge >= 0.3 is 0 Å². The molecule has 0 spiro atoms. The molecule has 4 heteroatoms. The lowest BCUT2D eigenvalue weighted by Crippen LogP contribution is -2.31. The van der Waals surface area contributed by atoms with Crippen LogP contribution in [0.15, 0.2) is 12.1 Å². The first kappa shape index (κ1) is 14.7. The molecule has 0 aliphatic heterocycles. The minimum absolute atomic E-state index is 0.00243. The van der Waals surface area contributed by atoms with Crippen LogP contribution in [-0.2, 0) is 0 Å². The number of rotatable bonds is 2. The van der Waals surface area contributed by atoms with E-state index < -0.39 is 22.8 Å². The zero-order chi connectivity index (χ0) is 14.2. The lowest BCUT2D eigenvalue weighted by atomic mass is 9.66. The van der Waals surface area contributed by atoms with Crippen LogP contribution in [-0.4, -0.2) is 0 Å². The van der Waals surface area contributed by atoms with Gasteiger partial charge in [0.25, 0.3) is 0 Å². The van der Waals surface area contributed by atoms with Crippen LogP contribution >= 0.6 is 11.6 Å². The van der Waals surface area contributed by atoms with Gasteiger partial charge in [-0.3, -0.25) is 0 Å². The van der Waals surface area contributed by atoms with E-state index in [1.807, 2.05) is 0 Å². The molecule has 0 N–H and O–H groups in total. The summed E-state index contributed by atoms with van der Waals surface area (Å²) in [5, 5.41) is -0.754. The minimum atomic E-state index is -0.912. The van der Waals surface area contributed by atoms with Crippen LogP contribution in [0, 0.1) is 28.8 Å². The Morgan fingerprint density at radius 3 is 2.26 bits per heavy atom. The fourth-order valence-corrected chi connectivity index (χ4v) is 3.76. The molecule has 0 heterocycles. The average molecular weight is 291 g/mol. The maximum Gasteiger partial charge on any atom is 0.133 e. The van der Waals surface area contributed by atoms with Crippen LogP contribution < -0.4 is 0 Å². The second-order valence-electron chi connectivity index (χ2n) is 6.03. The molecule has 1 aliphatic carbocycles. The topological polar surface area (TPSA) is 0 Å². The van der Waals surface area contributed by atoms with Crippen molar-refractivity contribution in [1.82, 2.24) is 0 Å². The van der Waals surface area contributed by atoms with E-state index >= 15 is 0 Å². The van der Waals surface area contributed by atoms with E-state index in [9.17, 15) is 13.2 Å². The molecule has 0 saturated heterocycles. The summed E-state index contributed by atoms with van der Waals surface area (Å²) in [4.78, 5) is 0. The number of hydrogen-bond donors (Lipinski definition) is 0. The van der Waals surface area contributed by atoms with Gasteiger partial charge in [-0.25, -0.2) is 13.2 Å². The standard InChI is InChI=1S/C15H18ClF3/c1-15(2)6-4-3-5-10(15)14(16)13-11(18)7-9(17)8-12(13)19/h7-8,10,14H,3-6H2,1-2H3. The highest BCUT2D eigenvalue weighted by atomic mass is 35.5. The van der Waals surface area contributed by atoms with E-state index in [1.54, 1.807) is 0 Å². The molecule has 0 radical (unpaired) electrons. The Balaban J connectivity index is 2.36. The summed E-state index contributed by atoms with van der Waals surface area (Å²) < 4.78 is 40.6. The summed E-state index contributed by atoms with van der Waals surface area (Å²) in [5.74, 6) is -2.69. The second kappa shape index (κ2) is 5.35. The highest BCUT2D eigenvalue weighted by Crippen LogP contribution is 2.50. The van der Waals surface area contributed by atoms with Gasteiger partial charge in [-0.15, -0.1) is 11.6 Å². The third-order valence-electron chi connectivity index (χ3n) is 4.26. The molecule has 1 aromatic rings. The zero-order valence-corrected chi connectivity index (χ0v) is 11.9. The molecule has 1 aliphatic rings. The third-order valence-corrected chi connectivity index (χ3v) is 4.79. The molecule has 1 aromatic carbocycles. The first-order valence-corrected chi connectivity index (χ1v) is 7.05. The van der Waals surface area contributed by atoms with Gasteiger partial charge in [-0.05, 0) is 24.2 Å². The molecule has 0 nitrogen and oxygen atoms in total. The fraction of sp³-hybridized carbons (Fsp3) is 0.600. The van der Waals surface area contributed by atoms with Crippen LogP contribution in [0.1, 0.15) is 50.5 Å². The van der Waals surface area contributed by atoms with E-state index in [0.29, 0.717) is 12.1 Å². The summed E-state index contributed by atoms with van der Waals surface area (Å²) >= 11 is 6.33. The molecule has 1 fully saturated rings. The number of hydrogen-bond acceptors (Lipinski definition) is 0. The summed E-state index contributed by atoms with van der Waals surface area (Å²) in [5.41, 5.74) is -0.249. The molecule has 2 atom stereocenters. The largest absolute Gasteiger partial charge is 0.207 e. The summed E-state index contributed by atoms with van der Waals surface area (Å²) in [6.45, 7) is 4.15. The molecule has 0 amide bonds.